The molecule has 2 rings (SSSR count). The van der Waals surface area contributed by atoms with E-state index in [0.29, 0.717) is 4.75 Å². The first-order valence-electron chi connectivity index (χ1n) is 4.77. The van der Waals surface area contributed by atoms with Crippen molar-refractivity contribution in [3.63, 3.8) is 0 Å². The third kappa shape index (κ3) is 1.22. The van der Waals surface area contributed by atoms with Crippen LogP contribution in [0.5, 0.6) is 0 Å². The molecule has 0 nitrogen and oxygen atoms in total. The third-order valence-corrected chi connectivity index (χ3v) is 5.46. The first-order valence-corrected chi connectivity index (χ1v) is 5.65. The van der Waals surface area contributed by atoms with Gasteiger partial charge in [0, 0.05) is 10.00 Å². The molecule has 0 unspecified atom stereocenters. The molecule has 1 aliphatic heterocycles. The zero-order valence-corrected chi connectivity index (χ0v) is 8.58. The highest BCUT2D eigenvalue weighted by molar-refractivity contribution is 8.01. The highest BCUT2D eigenvalue weighted by Crippen LogP contribution is 2.55. The van der Waals surface area contributed by atoms with E-state index >= 15 is 0 Å². The van der Waals surface area contributed by atoms with E-state index in [1.165, 1.54) is 19.3 Å². The molecule has 2 bridgehead atoms. The molecule has 1 saturated carbocycles. The summed E-state index contributed by atoms with van der Waals surface area (Å²) in [5.41, 5.74) is 0. The second-order valence-electron chi connectivity index (χ2n) is 4.75. The Morgan fingerprint density at radius 3 is 2.64 bits per heavy atom. The molecule has 0 spiro atoms. The second-order valence-corrected chi connectivity index (χ2v) is 6.64. The van der Waals surface area contributed by atoms with E-state index in [-0.39, 0.29) is 0 Å². The lowest BCUT2D eigenvalue weighted by atomic mass is 9.78. The Balaban J connectivity index is 2.16. The van der Waals surface area contributed by atoms with E-state index in [4.69, 9.17) is 0 Å². The molecule has 0 aromatic heterocycles. The van der Waals surface area contributed by atoms with Gasteiger partial charge in [-0.25, -0.2) is 0 Å². The molecule has 0 radical (unpaired) electrons. The van der Waals surface area contributed by atoms with Gasteiger partial charge in [0.25, 0.3) is 0 Å². The summed E-state index contributed by atoms with van der Waals surface area (Å²) >= 11 is 2.25. The van der Waals surface area contributed by atoms with Crippen LogP contribution in [0.25, 0.3) is 0 Å². The van der Waals surface area contributed by atoms with Gasteiger partial charge in [-0.2, -0.15) is 11.8 Å². The lowest BCUT2D eigenvalue weighted by molar-refractivity contribution is 0.290. The zero-order valence-electron chi connectivity index (χ0n) is 7.76. The molecular formula is C10H18S. The molecule has 0 aromatic rings. The Labute approximate surface area is 74.1 Å². The van der Waals surface area contributed by atoms with Gasteiger partial charge in [-0.15, -0.1) is 0 Å². The topological polar surface area (TPSA) is 0 Å². The molecule has 0 aromatic carbocycles. The van der Waals surface area contributed by atoms with Crippen LogP contribution in [0.3, 0.4) is 0 Å². The molecule has 0 amide bonds. The Hall–Kier alpha value is 0.350. The fourth-order valence-corrected chi connectivity index (χ4v) is 4.45. The van der Waals surface area contributed by atoms with Crippen LogP contribution in [0.2, 0.25) is 0 Å². The van der Waals surface area contributed by atoms with Crippen LogP contribution in [-0.4, -0.2) is 10.00 Å². The maximum absolute atomic E-state index is 2.43. The molecule has 3 atom stereocenters. The van der Waals surface area contributed by atoms with Crippen molar-refractivity contribution in [3.8, 4) is 0 Å². The number of fused-ring (bicyclic) bond motifs is 2. The smallest absolute Gasteiger partial charge is 0.0135 e. The normalized spacial score (nSPS) is 47.7. The predicted molar refractivity (Wildman–Crippen MR) is 52.0 cm³/mol. The molecule has 0 N–H and O–H groups in total. The van der Waals surface area contributed by atoms with Crippen LogP contribution >= 0.6 is 11.8 Å². The van der Waals surface area contributed by atoms with Crippen LogP contribution < -0.4 is 0 Å². The maximum Gasteiger partial charge on any atom is 0.0135 e. The summed E-state index contributed by atoms with van der Waals surface area (Å²) in [5.74, 6) is 2.01. The van der Waals surface area contributed by atoms with Gasteiger partial charge >= 0.3 is 0 Å². The molecule has 64 valence electrons. The fraction of sp³-hybridized carbons (Fsp3) is 1.00. The Kier molecular flexibility index (Phi) is 1.75. The molecule has 1 saturated heterocycles. The molecule has 1 heteroatoms. The minimum absolute atomic E-state index is 0.593. The zero-order chi connectivity index (χ0) is 8.06. The number of rotatable bonds is 0. The Morgan fingerprint density at radius 2 is 2.00 bits per heavy atom. The standard InChI is InChI=1S/C10H18S/c1-7-4-5-8-6-9(7)11-10(8,2)3/h7-9H,4-6H2,1-3H3/t7-,8+,9-/m1/s1. The summed E-state index contributed by atoms with van der Waals surface area (Å²) in [4.78, 5) is 0. The van der Waals surface area contributed by atoms with Crippen molar-refractivity contribution in [2.75, 3.05) is 0 Å². The van der Waals surface area contributed by atoms with E-state index in [0.717, 1.165) is 17.1 Å². The lowest BCUT2D eigenvalue weighted by Crippen LogP contribution is -2.23. The summed E-state index contributed by atoms with van der Waals surface area (Å²) in [7, 11) is 0. The first-order chi connectivity index (χ1) is 5.09. The van der Waals surface area contributed by atoms with Crippen molar-refractivity contribution >= 4 is 11.8 Å². The third-order valence-electron chi connectivity index (χ3n) is 3.56. The van der Waals surface area contributed by atoms with Crippen LogP contribution in [-0.2, 0) is 0 Å². The van der Waals surface area contributed by atoms with Crippen LogP contribution in [0.4, 0.5) is 0 Å². The Morgan fingerprint density at radius 1 is 1.27 bits per heavy atom. The van der Waals surface area contributed by atoms with Crippen molar-refractivity contribution < 1.29 is 0 Å². The maximum atomic E-state index is 2.43. The van der Waals surface area contributed by atoms with E-state index < -0.39 is 0 Å². The minimum atomic E-state index is 0.593. The largest absolute Gasteiger partial charge is 0.152 e. The quantitative estimate of drug-likeness (QED) is 0.537. The van der Waals surface area contributed by atoms with Crippen molar-refractivity contribution in [1.82, 2.24) is 0 Å². The SMILES string of the molecule is C[C@@H]1CC[C@H]2C[C@H]1SC2(C)C. The summed E-state index contributed by atoms with van der Waals surface area (Å²) < 4.78 is 0.593. The van der Waals surface area contributed by atoms with E-state index in [2.05, 4.69) is 32.5 Å². The minimum Gasteiger partial charge on any atom is -0.152 e. The predicted octanol–water partition coefficient (Wildman–Crippen LogP) is 3.32. The summed E-state index contributed by atoms with van der Waals surface area (Å²) in [6, 6.07) is 0. The van der Waals surface area contributed by atoms with Gasteiger partial charge in [0.1, 0.15) is 0 Å². The number of thioether (sulfide) groups is 1. The molecule has 2 fully saturated rings. The monoisotopic (exact) mass is 170 g/mol. The van der Waals surface area contributed by atoms with E-state index in [1.807, 2.05) is 0 Å². The molecular weight excluding hydrogens is 152 g/mol. The van der Waals surface area contributed by atoms with Crippen LogP contribution in [0, 0.1) is 11.8 Å². The van der Waals surface area contributed by atoms with E-state index in [9.17, 15) is 0 Å². The van der Waals surface area contributed by atoms with Gasteiger partial charge in [0.05, 0.1) is 0 Å². The molecule has 1 heterocycles. The van der Waals surface area contributed by atoms with Gasteiger partial charge in [0.15, 0.2) is 0 Å². The van der Waals surface area contributed by atoms with Gasteiger partial charge in [0.2, 0.25) is 0 Å². The van der Waals surface area contributed by atoms with Crippen molar-refractivity contribution in [1.29, 1.82) is 0 Å². The first kappa shape index (κ1) is 7.97. The van der Waals surface area contributed by atoms with Crippen molar-refractivity contribution in [2.45, 2.75) is 50.0 Å². The fourth-order valence-electron chi connectivity index (χ4n) is 2.56. The van der Waals surface area contributed by atoms with Crippen LogP contribution in [0.15, 0.2) is 0 Å². The van der Waals surface area contributed by atoms with Gasteiger partial charge in [-0.1, -0.05) is 20.8 Å². The molecule has 1 aliphatic carbocycles. The number of hydrogen-bond donors (Lipinski definition) is 0. The molecule has 2 aliphatic rings. The molecule has 11 heavy (non-hydrogen) atoms. The summed E-state index contributed by atoms with van der Waals surface area (Å²) in [5, 5.41) is 0.990. The van der Waals surface area contributed by atoms with Crippen LogP contribution in [0.1, 0.15) is 40.0 Å². The Bertz CT molecular complexity index is 162. The van der Waals surface area contributed by atoms with E-state index in [1.54, 1.807) is 0 Å². The van der Waals surface area contributed by atoms with Crippen molar-refractivity contribution in [2.24, 2.45) is 11.8 Å². The lowest BCUT2D eigenvalue weighted by Gasteiger charge is -2.26. The summed E-state index contributed by atoms with van der Waals surface area (Å²) in [6.45, 7) is 7.29. The average Bonchev–Trinajstić information content (AvgIpc) is 2.16. The van der Waals surface area contributed by atoms with Crippen molar-refractivity contribution in [3.05, 3.63) is 0 Å². The van der Waals surface area contributed by atoms with Gasteiger partial charge in [-0.05, 0) is 31.1 Å². The van der Waals surface area contributed by atoms with Gasteiger partial charge in [-0.3, -0.25) is 0 Å². The van der Waals surface area contributed by atoms with Gasteiger partial charge < -0.3 is 0 Å². The average molecular weight is 170 g/mol. The second kappa shape index (κ2) is 2.42. The summed E-state index contributed by atoms with van der Waals surface area (Å²) in [6.07, 6.45) is 4.46. The highest BCUT2D eigenvalue weighted by atomic mass is 32.2. The number of hydrogen-bond acceptors (Lipinski definition) is 1. The highest BCUT2D eigenvalue weighted by Gasteiger charge is 2.45.